The molecule has 0 aromatic carbocycles. The minimum Gasteiger partial charge on any atom is -0.480 e. The molecule has 0 radical (unpaired) electrons. The third-order valence-corrected chi connectivity index (χ3v) is 5.46. The zero-order valence-electron chi connectivity index (χ0n) is 14.9. The standard InChI is InChI=1S/C17H26N4O4/c1-13-18-14(11-25-13)9-20-8-7-19(2)17(12-20)4-3-15(22)21(6-5-17)10-16(23)24/h11H,3-10,12H2,1-2H3,(H,23,24)/t17-/m0/s1. The van der Waals surface area contributed by atoms with Gasteiger partial charge in [0.05, 0.1) is 5.69 Å². The molecule has 3 heterocycles. The molecule has 2 saturated heterocycles. The van der Waals surface area contributed by atoms with Crippen LogP contribution >= 0.6 is 0 Å². The molecule has 1 spiro atoms. The monoisotopic (exact) mass is 350 g/mol. The van der Waals surface area contributed by atoms with Crippen LogP contribution in [0.25, 0.3) is 0 Å². The Balaban J connectivity index is 1.69. The van der Waals surface area contributed by atoms with Crippen LogP contribution in [0.2, 0.25) is 0 Å². The van der Waals surface area contributed by atoms with Gasteiger partial charge in [-0.1, -0.05) is 0 Å². The number of likely N-dealkylation sites (tertiary alicyclic amines) is 1. The van der Waals surface area contributed by atoms with E-state index < -0.39 is 5.97 Å². The van der Waals surface area contributed by atoms with Crippen molar-refractivity contribution in [1.29, 1.82) is 0 Å². The van der Waals surface area contributed by atoms with E-state index in [2.05, 4.69) is 21.8 Å². The first-order valence-corrected chi connectivity index (χ1v) is 8.72. The minimum atomic E-state index is -0.954. The molecule has 1 aromatic heterocycles. The summed E-state index contributed by atoms with van der Waals surface area (Å²) in [7, 11) is 2.11. The molecule has 1 amide bonds. The van der Waals surface area contributed by atoms with Gasteiger partial charge in [0.25, 0.3) is 0 Å². The number of nitrogens with zero attached hydrogens (tertiary/aromatic N) is 4. The second-order valence-corrected chi connectivity index (χ2v) is 7.17. The van der Waals surface area contributed by atoms with E-state index in [0.29, 0.717) is 18.9 Å². The predicted molar refractivity (Wildman–Crippen MR) is 89.9 cm³/mol. The normalized spacial score (nSPS) is 26.2. The van der Waals surface area contributed by atoms with Gasteiger partial charge in [0.2, 0.25) is 5.91 Å². The minimum absolute atomic E-state index is 0.0584. The van der Waals surface area contributed by atoms with Crippen molar-refractivity contribution in [2.45, 2.75) is 38.3 Å². The van der Waals surface area contributed by atoms with Crippen molar-refractivity contribution in [2.75, 3.05) is 39.8 Å². The number of carboxylic acid groups (broad SMARTS) is 1. The van der Waals surface area contributed by atoms with E-state index in [1.807, 2.05) is 6.92 Å². The lowest BCUT2D eigenvalue weighted by atomic mass is 9.86. The summed E-state index contributed by atoms with van der Waals surface area (Å²) >= 11 is 0. The number of piperazine rings is 1. The highest BCUT2D eigenvalue weighted by molar-refractivity contribution is 5.81. The van der Waals surface area contributed by atoms with E-state index in [1.54, 1.807) is 6.26 Å². The first kappa shape index (κ1) is 17.9. The van der Waals surface area contributed by atoms with Crippen LogP contribution in [0, 0.1) is 6.92 Å². The number of carboxylic acids is 1. The van der Waals surface area contributed by atoms with Crippen molar-refractivity contribution in [3.8, 4) is 0 Å². The van der Waals surface area contributed by atoms with Gasteiger partial charge >= 0.3 is 5.97 Å². The molecular formula is C17H26N4O4. The Morgan fingerprint density at radius 1 is 1.36 bits per heavy atom. The van der Waals surface area contributed by atoms with Crippen molar-refractivity contribution >= 4 is 11.9 Å². The van der Waals surface area contributed by atoms with E-state index in [0.717, 1.165) is 44.7 Å². The van der Waals surface area contributed by atoms with E-state index in [-0.39, 0.29) is 18.0 Å². The molecule has 25 heavy (non-hydrogen) atoms. The Labute approximate surface area is 147 Å². The van der Waals surface area contributed by atoms with Crippen molar-refractivity contribution in [2.24, 2.45) is 0 Å². The lowest BCUT2D eigenvalue weighted by Crippen LogP contribution is -2.60. The third kappa shape index (κ3) is 4.01. The summed E-state index contributed by atoms with van der Waals surface area (Å²) in [5.74, 6) is -0.343. The molecule has 2 fully saturated rings. The van der Waals surface area contributed by atoms with Crippen LogP contribution in [0.3, 0.4) is 0 Å². The van der Waals surface area contributed by atoms with Gasteiger partial charge in [-0.05, 0) is 19.9 Å². The van der Waals surface area contributed by atoms with Crippen LogP contribution in [-0.2, 0) is 16.1 Å². The number of aliphatic carboxylic acids is 1. The SMILES string of the molecule is Cc1nc(CN2CCN(C)[C@]3(CCC(=O)N(CC(=O)O)CC3)C2)co1. The smallest absolute Gasteiger partial charge is 0.323 e. The molecule has 0 saturated carbocycles. The van der Waals surface area contributed by atoms with Crippen LogP contribution in [-0.4, -0.2) is 82.0 Å². The van der Waals surface area contributed by atoms with Crippen molar-refractivity contribution in [3.05, 3.63) is 17.8 Å². The second kappa shape index (κ2) is 7.13. The highest BCUT2D eigenvalue weighted by atomic mass is 16.4. The van der Waals surface area contributed by atoms with Gasteiger partial charge < -0.3 is 14.4 Å². The average molecular weight is 350 g/mol. The maximum atomic E-state index is 12.3. The summed E-state index contributed by atoms with van der Waals surface area (Å²) in [6, 6.07) is 0. The van der Waals surface area contributed by atoms with E-state index in [4.69, 9.17) is 9.52 Å². The fourth-order valence-electron chi connectivity index (χ4n) is 3.95. The Morgan fingerprint density at radius 3 is 2.84 bits per heavy atom. The van der Waals surface area contributed by atoms with Gasteiger partial charge in [0.1, 0.15) is 12.8 Å². The molecule has 3 rings (SSSR count). The number of aromatic nitrogens is 1. The van der Waals surface area contributed by atoms with Gasteiger partial charge in [-0.3, -0.25) is 19.4 Å². The van der Waals surface area contributed by atoms with E-state index in [1.165, 1.54) is 4.90 Å². The van der Waals surface area contributed by atoms with Crippen LogP contribution in [0.15, 0.2) is 10.7 Å². The number of oxazole rings is 1. The molecular weight excluding hydrogens is 324 g/mol. The number of likely N-dealkylation sites (N-methyl/N-ethyl adjacent to an activating group) is 1. The van der Waals surface area contributed by atoms with Gasteiger partial charge in [-0.15, -0.1) is 0 Å². The van der Waals surface area contributed by atoms with Crippen molar-refractivity contribution in [1.82, 2.24) is 19.7 Å². The van der Waals surface area contributed by atoms with Crippen LogP contribution in [0.4, 0.5) is 0 Å². The molecule has 2 aliphatic heterocycles. The Kier molecular flexibility index (Phi) is 5.10. The highest BCUT2D eigenvalue weighted by Gasteiger charge is 2.42. The Hall–Kier alpha value is -1.93. The topological polar surface area (TPSA) is 90.1 Å². The molecule has 0 unspecified atom stereocenters. The summed E-state index contributed by atoms with van der Waals surface area (Å²) < 4.78 is 5.29. The summed E-state index contributed by atoms with van der Waals surface area (Å²) in [6.45, 7) is 5.57. The first-order chi connectivity index (χ1) is 11.9. The number of carbonyl (C=O) groups is 2. The largest absolute Gasteiger partial charge is 0.480 e. The van der Waals surface area contributed by atoms with E-state index in [9.17, 15) is 9.59 Å². The molecule has 0 bridgehead atoms. The van der Waals surface area contributed by atoms with Gasteiger partial charge in [0, 0.05) is 51.6 Å². The Bertz CT molecular complexity index is 646. The molecule has 1 N–H and O–H groups in total. The fourth-order valence-corrected chi connectivity index (χ4v) is 3.95. The first-order valence-electron chi connectivity index (χ1n) is 8.72. The summed E-state index contributed by atoms with van der Waals surface area (Å²) in [5, 5.41) is 9.01. The molecule has 0 aliphatic carbocycles. The molecule has 2 aliphatic rings. The maximum absolute atomic E-state index is 12.3. The number of amides is 1. The predicted octanol–water partition coefficient (Wildman–Crippen LogP) is 0.566. The van der Waals surface area contributed by atoms with Crippen LogP contribution in [0.1, 0.15) is 30.8 Å². The maximum Gasteiger partial charge on any atom is 0.323 e. The lowest BCUT2D eigenvalue weighted by molar-refractivity contribution is -0.144. The number of rotatable bonds is 4. The summed E-state index contributed by atoms with van der Waals surface area (Å²) in [6.07, 6.45) is 3.64. The van der Waals surface area contributed by atoms with Gasteiger partial charge in [-0.25, -0.2) is 4.98 Å². The molecule has 1 aromatic rings. The zero-order chi connectivity index (χ0) is 18.0. The number of hydrogen-bond acceptors (Lipinski definition) is 6. The number of carbonyl (C=O) groups excluding carboxylic acids is 1. The van der Waals surface area contributed by atoms with Crippen LogP contribution < -0.4 is 0 Å². The molecule has 8 heteroatoms. The van der Waals surface area contributed by atoms with Crippen LogP contribution in [0.5, 0.6) is 0 Å². The summed E-state index contributed by atoms with van der Waals surface area (Å²) in [4.78, 5) is 33.8. The van der Waals surface area contributed by atoms with Crippen molar-refractivity contribution in [3.63, 3.8) is 0 Å². The molecule has 1 atom stereocenters. The molecule has 8 nitrogen and oxygen atoms in total. The van der Waals surface area contributed by atoms with E-state index >= 15 is 0 Å². The summed E-state index contributed by atoms with van der Waals surface area (Å²) in [5.41, 5.74) is 0.828. The van der Waals surface area contributed by atoms with Gasteiger partial charge in [0.15, 0.2) is 5.89 Å². The fraction of sp³-hybridized carbons (Fsp3) is 0.706. The Morgan fingerprint density at radius 2 is 2.16 bits per heavy atom. The number of aryl methyl sites for hydroxylation is 1. The highest BCUT2D eigenvalue weighted by Crippen LogP contribution is 2.32. The molecule has 138 valence electrons. The average Bonchev–Trinajstić information content (AvgIpc) is 2.90. The third-order valence-electron chi connectivity index (χ3n) is 5.46. The second-order valence-electron chi connectivity index (χ2n) is 7.17. The van der Waals surface area contributed by atoms with Gasteiger partial charge in [-0.2, -0.15) is 0 Å². The van der Waals surface area contributed by atoms with Crippen molar-refractivity contribution < 1.29 is 19.1 Å². The lowest BCUT2D eigenvalue weighted by Gasteiger charge is -2.49. The zero-order valence-corrected chi connectivity index (χ0v) is 14.9. The number of hydrogen-bond donors (Lipinski definition) is 1. The quantitative estimate of drug-likeness (QED) is 0.849.